The van der Waals surface area contributed by atoms with Gasteiger partial charge in [-0.05, 0) is 13.8 Å². The van der Waals surface area contributed by atoms with Gasteiger partial charge < -0.3 is 4.74 Å². The molecule has 0 aliphatic carbocycles. The number of esters is 1. The van der Waals surface area contributed by atoms with Crippen LogP contribution in [0.25, 0.3) is 0 Å². The molecule has 19 heavy (non-hydrogen) atoms. The molecule has 0 aliphatic heterocycles. The third-order valence-corrected chi connectivity index (χ3v) is 3.62. The molecule has 0 amide bonds. The maximum absolute atomic E-state index is 12.1. The van der Waals surface area contributed by atoms with Gasteiger partial charge in [0.25, 0.3) is 0 Å². The largest absolute Gasteiger partial charge is 0.465 e. The molecule has 2 unspecified atom stereocenters. The molecule has 0 fully saturated rings. The molecule has 0 bridgehead atoms. The summed E-state index contributed by atoms with van der Waals surface area (Å²) in [5, 5.41) is 0. The van der Waals surface area contributed by atoms with Crippen LogP contribution < -0.4 is 0 Å². The van der Waals surface area contributed by atoms with Crippen molar-refractivity contribution in [2.75, 3.05) is 6.61 Å². The number of ether oxygens (including phenoxy) is 1. The van der Waals surface area contributed by atoms with Crippen molar-refractivity contribution in [1.82, 2.24) is 4.98 Å². The average molecular weight is 283 g/mol. The number of aromatic nitrogens is 1. The van der Waals surface area contributed by atoms with Crippen molar-refractivity contribution >= 4 is 28.9 Å². The predicted octanol–water partition coefficient (Wildman–Crippen LogP) is 1.97. The second-order valence-corrected chi connectivity index (χ2v) is 4.96. The second-order valence-electron chi connectivity index (χ2n) is 4.04. The number of Topliss-reactive ketones (excluding diaryl/α,β-unsaturated/α-hetero) is 2. The Morgan fingerprint density at radius 3 is 2.47 bits per heavy atom. The Morgan fingerprint density at radius 2 is 2.05 bits per heavy atom. The van der Waals surface area contributed by atoms with Crippen LogP contribution in [0, 0.1) is 5.92 Å². The lowest BCUT2D eigenvalue weighted by molar-refractivity contribution is -0.153. The minimum absolute atomic E-state index is 0.155. The lowest BCUT2D eigenvalue weighted by Crippen LogP contribution is -2.34. The van der Waals surface area contributed by atoms with Gasteiger partial charge in [-0.2, -0.15) is 0 Å². The van der Waals surface area contributed by atoms with Crippen LogP contribution in [-0.4, -0.2) is 29.1 Å². The average Bonchev–Trinajstić information content (AvgIpc) is 2.87. The van der Waals surface area contributed by atoms with Crippen LogP contribution >= 0.6 is 11.3 Å². The minimum Gasteiger partial charge on any atom is -0.465 e. The molecule has 2 atom stereocenters. The fraction of sp³-hybridized carbons (Fsp3) is 0.538. The van der Waals surface area contributed by atoms with Crippen molar-refractivity contribution in [3.63, 3.8) is 0 Å². The van der Waals surface area contributed by atoms with Crippen LogP contribution in [-0.2, 0) is 19.1 Å². The molecule has 1 rings (SSSR count). The van der Waals surface area contributed by atoms with Gasteiger partial charge in [-0.1, -0.05) is 6.92 Å². The zero-order valence-corrected chi connectivity index (χ0v) is 12.0. The summed E-state index contributed by atoms with van der Waals surface area (Å²) in [5.41, 5.74) is 1.58. The van der Waals surface area contributed by atoms with Crippen molar-refractivity contribution in [3.05, 3.63) is 16.6 Å². The summed E-state index contributed by atoms with van der Waals surface area (Å²) in [6, 6.07) is 0. The molecule has 0 N–H and O–H groups in total. The van der Waals surface area contributed by atoms with Crippen molar-refractivity contribution in [2.24, 2.45) is 5.92 Å². The molecule has 6 heteroatoms. The maximum atomic E-state index is 12.1. The van der Waals surface area contributed by atoms with E-state index < -0.39 is 17.8 Å². The number of hydrogen-bond donors (Lipinski definition) is 0. The fourth-order valence-corrected chi connectivity index (χ4v) is 2.66. The van der Waals surface area contributed by atoms with E-state index in [1.54, 1.807) is 19.4 Å². The van der Waals surface area contributed by atoms with Crippen LogP contribution in [0.5, 0.6) is 0 Å². The van der Waals surface area contributed by atoms with Gasteiger partial charge in [0.15, 0.2) is 0 Å². The molecular weight excluding hydrogens is 266 g/mol. The van der Waals surface area contributed by atoms with Gasteiger partial charge in [0.1, 0.15) is 17.5 Å². The first-order valence-electron chi connectivity index (χ1n) is 6.11. The molecule has 0 saturated heterocycles. The monoisotopic (exact) mass is 283 g/mol. The van der Waals surface area contributed by atoms with Gasteiger partial charge in [-0.25, -0.2) is 0 Å². The number of hydrogen-bond acceptors (Lipinski definition) is 6. The second kappa shape index (κ2) is 7.13. The first kappa shape index (κ1) is 15.5. The van der Waals surface area contributed by atoms with Gasteiger partial charge in [-0.3, -0.25) is 19.4 Å². The van der Waals surface area contributed by atoms with Crippen molar-refractivity contribution < 1.29 is 19.1 Å². The summed E-state index contributed by atoms with van der Waals surface area (Å²) in [7, 11) is 0. The number of rotatable bonds is 7. The van der Waals surface area contributed by atoms with Crippen LogP contribution in [0.4, 0.5) is 0 Å². The topological polar surface area (TPSA) is 73.3 Å². The molecule has 0 aliphatic rings. The predicted molar refractivity (Wildman–Crippen MR) is 71.0 cm³/mol. The molecule has 5 nitrogen and oxygen atoms in total. The summed E-state index contributed by atoms with van der Waals surface area (Å²) in [6.07, 6.45) is 1.78. The highest BCUT2D eigenvalue weighted by atomic mass is 32.1. The van der Waals surface area contributed by atoms with E-state index in [0.29, 0.717) is 4.88 Å². The smallest absolute Gasteiger partial charge is 0.317 e. The zero-order chi connectivity index (χ0) is 14.4. The highest BCUT2D eigenvalue weighted by Gasteiger charge is 2.39. The quantitative estimate of drug-likeness (QED) is 0.565. The van der Waals surface area contributed by atoms with Crippen LogP contribution in [0.3, 0.4) is 0 Å². The van der Waals surface area contributed by atoms with Gasteiger partial charge in [0.2, 0.25) is 0 Å². The van der Waals surface area contributed by atoms with Crippen LogP contribution in [0.15, 0.2) is 11.7 Å². The summed E-state index contributed by atoms with van der Waals surface area (Å²) in [4.78, 5) is 40.3. The van der Waals surface area contributed by atoms with Crippen molar-refractivity contribution in [2.45, 2.75) is 33.1 Å². The van der Waals surface area contributed by atoms with Crippen LogP contribution in [0.1, 0.15) is 38.0 Å². The standard InChI is InChI=1S/C13H17NO4S/c1-4-9(16)12(10-6-14-7-19-10)11(8(3)15)13(17)18-5-2/h6-7,11-12H,4-5H2,1-3H3. The molecular formula is C13H17NO4S. The van der Waals surface area contributed by atoms with Gasteiger partial charge in [0.05, 0.1) is 18.0 Å². The molecule has 1 aromatic heterocycles. The molecule has 104 valence electrons. The molecule has 0 saturated carbocycles. The van der Waals surface area contributed by atoms with E-state index in [1.807, 2.05) is 0 Å². The Kier molecular flexibility index (Phi) is 5.82. The number of carbonyl (C=O) groups excluding carboxylic acids is 3. The van der Waals surface area contributed by atoms with Crippen LogP contribution in [0.2, 0.25) is 0 Å². The first-order chi connectivity index (χ1) is 9.02. The lowest BCUT2D eigenvalue weighted by Gasteiger charge is -2.20. The number of carbonyl (C=O) groups is 3. The minimum atomic E-state index is -1.08. The van der Waals surface area contributed by atoms with Gasteiger partial charge in [-0.15, -0.1) is 11.3 Å². The zero-order valence-electron chi connectivity index (χ0n) is 11.2. The first-order valence-corrected chi connectivity index (χ1v) is 6.99. The fourth-order valence-electron chi connectivity index (χ4n) is 1.88. The Labute approximate surface area is 116 Å². The van der Waals surface area contributed by atoms with Gasteiger partial charge >= 0.3 is 5.97 Å². The van der Waals surface area contributed by atoms with E-state index in [4.69, 9.17) is 4.74 Å². The highest BCUT2D eigenvalue weighted by Crippen LogP contribution is 2.31. The summed E-state index contributed by atoms with van der Waals surface area (Å²) < 4.78 is 4.91. The summed E-state index contributed by atoms with van der Waals surface area (Å²) in [5.74, 6) is -3.02. The Balaban J connectivity index is 3.15. The maximum Gasteiger partial charge on any atom is 0.317 e. The van der Waals surface area contributed by atoms with E-state index in [-0.39, 0.29) is 24.6 Å². The lowest BCUT2D eigenvalue weighted by atomic mass is 9.84. The van der Waals surface area contributed by atoms with Crippen molar-refractivity contribution in [1.29, 1.82) is 0 Å². The molecule has 0 radical (unpaired) electrons. The Hall–Kier alpha value is -1.56. The number of nitrogens with zero attached hydrogens (tertiary/aromatic N) is 1. The van der Waals surface area contributed by atoms with E-state index in [9.17, 15) is 14.4 Å². The summed E-state index contributed by atoms with van der Waals surface area (Å²) in [6.45, 7) is 4.86. The van der Waals surface area contributed by atoms with E-state index in [2.05, 4.69) is 4.98 Å². The molecule has 1 heterocycles. The molecule has 0 aromatic carbocycles. The Bertz CT molecular complexity index is 455. The van der Waals surface area contributed by atoms with E-state index >= 15 is 0 Å². The Morgan fingerprint density at radius 1 is 1.37 bits per heavy atom. The van der Waals surface area contributed by atoms with E-state index in [0.717, 1.165) is 0 Å². The SMILES string of the molecule is CCOC(=O)C(C(C)=O)C(C(=O)CC)c1cncs1. The van der Waals surface area contributed by atoms with Gasteiger partial charge in [0, 0.05) is 17.5 Å². The summed E-state index contributed by atoms with van der Waals surface area (Å²) >= 11 is 1.26. The highest BCUT2D eigenvalue weighted by molar-refractivity contribution is 7.09. The number of ketones is 2. The molecule has 0 spiro atoms. The van der Waals surface area contributed by atoms with E-state index in [1.165, 1.54) is 24.5 Å². The molecule has 1 aromatic rings. The third kappa shape index (κ3) is 3.70. The third-order valence-electron chi connectivity index (χ3n) is 2.77. The number of thiazole rings is 1. The normalized spacial score (nSPS) is 13.6. The van der Waals surface area contributed by atoms with Crippen molar-refractivity contribution in [3.8, 4) is 0 Å².